The molecule has 2 heterocycles. The maximum Gasteiger partial charge on any atom is 0.220 e. The van der Waals surface area contributed by atoms with Crippen LogP contribution in [0.4, 0.5) is 0 Å². The van der Waals surface area contributed by atoms with E-state index in [1.54, 1.807) is 42.6 Å². The average Bonchev–Trinajstić information content (AvgIpc) is 3.00. The summed E-state index contributed by atoms with van der Waals surface area (Å²) in [4.78, 5) is 16.2. The Morgan fingerprint density at radius 3 is 2.80 bits per heavy atom. The molecule has 132 valence electrons. The minimum Gasteiger partial charge on any atom is -0.457 e. The number of amides is 1. The number of carbonyl (C=O) groups excluding carboxylic acids is 1. The fraction of sp³-hybridized carbons (Fsp3) is 0.333. The third-order valence-corrected chi connectivity index (χ3v) is 4.31. The van der Waals surface area contributed by atoms with E-state index in [0.29, 0.717) is 48.3 Å². The number of aromatic nitrogens is 1. The first kappa shape index (κ1) is 17.7. The molecule has 2 atom stereocenters. The van der Waals surface area contributed by atoms with Crippen molar-refractivity contribution in [3.8, 4) is 11.5 Å². The first-order valence-corrected chi connectivity index (χ1v) is 8.52. The third-order valence-electron chi connectivity index (χ3n) is 4.06. The minimum absolute atomic E-state index is 0.0347. The van der Waals surface area contributed by atoms with Crippen LogP contribution in [0.15, 0.2) is 42.6 Å². The molecular formula is C18H20ClN3O3. The lowest BCUT2D eigenvalue weighted by atomic mass is 10.0. The highest BCUT2D eigenvalue weighted by Crippen LogP contribution is 2.23. The van der Waals surface area contributed by atoms with E-state index in [1.807, 2.05) is 0 Å². The Labute approximate surface area is 151 Å². The van der Waals surface area contributed by atoms with E-state index < -0.39 is 6.10 Å². The molecule has 7 heteroatoms. The Balaban J connectivity index is 1.52. The topological polar surface area (TPSA) is 83.5 Å². The Morgan fingerprint density at radius 2 is 2.08 bits per heavy atom. The van der Waals surface area contributed by atoms with E-state index in [-0.39, 0.29) is 11.8 Å². The SMILES string of the molecule is O=C(C[C@@H]1CNC[C@H]1O)NCc1cc(Oc2ccc(Cl)cc2)ccn1. The van der Waals surface area contributed by atoms with E-state index in [0.717, 1.165) is 0 Å². The van der Waals surface area contributed by atoms with Gasteiger partial charge in [0.2, 0.25) is 5.91 Å². The van der Waals surface area contributed by atoms with Crippen molar-refractivity contribution in [3.05, 3.63) is 53.3 Å². The van der Waals surface area contributed by atoms with Gasteiger partial charge in [-0.15, -0.1) is 0 Å². The van der Waals surface area contributed by atoms with Gasteiger partial charge in [-0.05, 0) is 30.3 Å². The van der Waals surface area contributed by atoms with Crippen LogP contribution in [-0.4, -0.2) is 35.2 Å². The number of carbonyl (C=O) groups is 1. The lowest BCUT2D eigenvalue weighted by Gasteiger charge is -2.13. The first-order valence-electron chi connectivity index (χ1n) is 8.14. The fourth-order valence-electron chi connectivity index (χ4n) is 2.68. The van der Waals surface area contributed by atoms with Crippen molar-refractivity contribution in [1.29, 1.82) is 0 Å². The first-order chi connectivity index (χ1) is 12.1. The predicted molar refractivity (Wildman–Crippen MR) is 94.6 cm³/mol. The molecule has 3 N–H and O–H groups in total. The maximum absolute atomic E-state index is 12.0. The van der Waals surface area contributed by atoms with Crippen LogP contribution in [0.5, 0.6) is 11.5 Å². The van der Waals surface area contributed by atoms with E-state index >= 15 is 0 Å². The van der Waals surface area contributed by atoms with Crippen molar-refractivity contribution in [2.24, 2.45) is 5.92 Å². The van der Waals surface area contributed by atoms with E-state index in [2.05, 4.69) is 15.6 Å². The summed E-state index contributed by atoms with van der Waals surface area (Å²) in [5, 5.41) is 16.3. The van der Waals surface area contributed by atoms with Gasteiger partial charge in [-0.25, -0.2) is 0 Å². The van der Waals surface area contributed by atoms with Gasteiger partial charge in [0.05, 0.1) is 18.3 Å². The number of β-amino-alcohol motifs (C(OH)–C–C–N with tert-alkyl or cyclic N) is 1. The fourth-order valence-corrected chi connectivity index (χ4v) is 2.81. The number of aliphatic hydroxyl groups excluding tert-OH is 1. The quantitative estimate of drug-likeness (QED) is 0.734. The highest BCUT2D eigenvalue weighted by atomic mass is 35.5. The Morgan fingerprint density at radius 1 is 1.28 bits per heavy atom. The molecule has 1 saturated heterocycles. The number of nitrogens with zero attached hydrogens (tertiary/aromatic N) is 1. The molecule has 0 aliphatic carbocycles. The van der Waals surface area contributed by atoms with Crippen molar-refractivity contribution in [2.45, 2.75) is 19.1 Å². The highest BCUT2D eigenvalue weighted by Gasteiger charge is 2.26. The van der Waals surface area contributed by atoms with Crippen molar-refractivity contribution >= 4 is 17.5 Å². The van der Waals surface area contributed by atoms with E-state index in [1.165, 1.54) is 0 Å². The summed E-state index contributed by atoms with van der Waals surface area (Å²) in [5.74, 6) is 1.18. The third kappa shape index (κ3) is 5.16. The average molecular weight is 362 g/mol. The zero-order chi connectivity index (χ0) is 17.6. The molecule has 25 heavy (non-hydrogen) atoms. The number of pyridine rings is 1. The molecular weight excluding hydrogens is 342 g/mol. The molecule has 1 aromatic heterocycles. The molecule has 0 unspecified atom stereocenters. The number of ether oxygens (including phenoxy) is 1. The van der Waals surface area contributed by atoms with Crippen LogP contribution in [0, 0.1) is 5.92 Å². The van der Waals surface area contributed by atoms with Gasteiger partial charge in [0, 0.05) is 42.7 Å². The molecule has 0 spiro atoms. The molecule has 3 rings (SSSR count). The van der Waals surface area contributed by atoms with Crippen molar-refractivity contribution in [3.63, 3.8) is 0 Å². The lowest BCUT2D eigenvalue weighted by Crippen LogP contribution is -2.29. The molecule has 0 saturated carbocycles. The number of hydrogen-bond donors (Lipinski definition) is 3. The molecule has 2 aromatic rings. The number of aliphatic hydroxyl groups is 1. The second kappa shape index (κ2) is 8.29. The second-order valence-electron chi connectivity index (χ2n) is 6.01. The summed E-state index contributed by atoms with van der Waals surface area (Å²) in [6.45, 7) is 1.52. The van der Waals surface area contributed by atoms with Crippen LogP contribution in [0.3, 0.4) is 0 Å². The van der Waals surface area contributed by atoms with Crippen LogP contribution in [0.25, 0.3) is 0 Å². The van der Waals surface area contributed by atoms with Gasteiger partial charge < -0.3 is 20.5 Å². The van der Waals surface area contributed by atoms with Gasteiger partial charge in [-0.2, -0.15) is 0 Å². The normalized spacial score (nSPS) is 19.6. The molecule has 1 fully saturated rings. The Hall–Kier alpha value is -2.15. The molecule has 1 aliphatic heterocycles. The van der Waals surface area contributed by atoms with Crippen LogP contribution in [-0.2, 0) is 11.3 Å². The number of rotatable bonds is 6. The standard InChI is InChI=1S/C18H20ClN3O3/c19-13-1-3-15(4-2-13)25-16-5-6-21-14(8-16)10-22-18(24)7-12-9-20-11-17(12)23/h1-6,8,12,17,20,23H,7,9-11H2,(H,22,24)/t12-,17-/m1/s1. The van der Waals surface area contributed by atoms with E-state index in [9.17, 15) is 9.90 Å². The van der Waals surface area contributed by atoms with Gasteiger partial charge in [0.1, 0.15) is 11.5 Å². The van der Waals surface area contributed by atoms with Crippen molar-refractivity contribution in [2.75, 3.05) is 13.1 Å². The van der Waals surface area contributed by atoms with Crippen LogP contribution in [0.2, 0.25) is 5.02 Å². The number of nitrogens with one attached hydrogen (secondary N) is 2. The summed E-state index contributed by atoms with van der Waals surface area (Å²) in [6.07, 6.45) is 1.48. The minimum atomic E-state index is -0.458. The van der Waals surface area contributed by atoms with Gasteiger partial charge in [-0.1, -0.05) is 11.6 Å². The largest absolute Gasteiger partial charge is 0.457 e. The lowest BCUT2D eigenvalue weighted by molar-refractivity contribution is -0.122. The molecule has 0 bridgehead atoms. The molecule has 1 aliphatic rings. The van der Waals surface area contributed by atoms with Gasteiger partial charge in [-0.3, -0.25) is 9.78 Å². The Kier molecular flexibility index (Phi) is 5.86. The molecule has 0 radical (unpaired) electrons. The monoisotopic (exact) mass is 361 g/mol. The smallest absolute Gasteiger partial charge is 0.220 e. The summed E-state index contributed by atoms with van der Waals surface area (Å²) in [7, 11) is 0. The van der Waals surface area contributed by atoms with Gasteiger partial charge in [0.15, 0.2) is 0 Å². The number of hydrogen-bond acceptors (Lipinski definition) is 5. The van der Waals surface area contributed by atoms with Crippen molar-refractivity contribution < 1.29 is 14.6 Å². The molecule has 1 aromatic carbocycles. The molecule has 1 amide bonds. The van der Waals surface area contributed by atoms with Crippen LogP contribution in [0.1, 0.15) is 12.1 Å². The van der Waals surface area contributed by atoms with E-state index in [4.69, 9.17) is 16.3 Å². The Bertz CT molecular complexity index is 724. The van der Waals surface area contributed by atoms with Gasteiger partial charge >= 0.3 is 0 Å². The zero-order valence-corrected chi connectivity index (χ0v) is 14.4. The second-order valence-corrected chi connectivity index (χ2v) is 6.44. The highest BCUT2D eigenvalue weighted by molar-refractivity contribution is 6.30. The van der Waals surface area contributed by atoms with Crippen molar-refractivity contribution in [1.82, 2.24) is 15.6 Å². The van der Waals surface area contributed by atoms with Crippen LogP contribution >= 0.6 is 11.6 Å². The number of halogens is 1. The zero-order valence-electron chi connectivity index (χ0n) is 13.6. The van der Waals surface area contributed by atoms with Gasteiger partial charge in [0.25, 0.3) is 0 Å². The maximum atomic E-state index is 12.0. The summed E-state index contributed by atoms with van der Waals surface area (Å²) in [5.41, 5.74) is 0.699. The summed E-state index contributed by atoms with van der Waals surface area (Å²) < 4.78 is 5.75. The summed E-state index contributed by atoms with van der Waals surface area (Å²) in [6, 6.07) is 10.6. The number of benzene rings is 1. The summed E-state index contributed by atoms with van der Waals surface area (Å²) >= 11 is 5.86. The molecule has 6 nitrogen and oxygen atoms in total. The van der Waals surface area contributed by atoms with Crippen LogP contribution < -0.4 is 15.4 Å². The predicted octanol–water partition coefficient (Wildman–Crippen LogP) is 2.11.